The smallest absolute Gasteiger partial charge is 0.307 e. The largest absolute Gasteiger partial charge is 0.369 e. The second kappa shape index (κ2) is 6.28. The lowest BCUT2D eigenvalue weighted by Crippen LogP contribution is -2.45. The summed E-state index contributed by atoms with van der Waals surface area (Å²) in [6.07, 6.45) is 0. The molecule has 4 rings (SSSR count). The molecule has 0 radical (unpaired) electrons. The number of nitrogens with zero attached hydrogens (tertiary/aromatic N) is 1. The van der Waals surface area contributed by atoms with Crippen LogP contribution in [0.15, 0.2) is 42.5 Å². The summed E-state index contributed by atoms with van der Waals surface area (Å²) in [4.78, 5) is 28.1. The zero-order valence-electron chi connectivity index (χ0n) is 14.8. The third kappa shape index (κ3) is 2.18. The predicted octanol–water partition coefficient (Wildman–Crippen LogP) is 4.62. The average Bonchev–Trinajstić information content (AvgIpc) is 3.06. The summed E-state index contributed by atoms with van der Waals surface area (Å²) < 4.78 is 25.2. The van der Waals surface area contributed by atoms with Gasteiger partial charge in [-0.15, -0.1) is 0 Å². The number of amides is 1. The highest BCUT2D eigenvalue weighted by Crippen LogP contribution is 2.73. The fourth-order valence-corrected chi connectivity index (χ4v) is 6.49. The number of carbonyl (C=O) groups excluding carboxylic acids is 2. The number of carbonyl (C=O) groups is 2. The van der Waals surface area contributed by atoms with Crippen LogP contribution in [0.5, 0.6) is 0 Å². The Morgan fingerprint density at radius 3 is 2.37 bits per heavy atom. The Bertz CT molecular complexity index is 1010. The molecule has 1 unspecified atom stereocenters. The first-order valence-corrected chi connectivity index (χ1v) is 10.5. The monoisotopic (exact) mass is 405 g/mol. The third-order valence-electron chi connectivity index (χ3n) is 4.82. The van der Waals surface area contributed by atoms with Gasteiger partial charge in [-0.1, -0.05) is 29.8 Å². The Morgan fingerprint density at radius 2 is 1.70 bits per heavy atom. The van der Waals surface area contributed by atoms with E-state index in [9.17, 15) is 14.2 Å². The van der Waals surface area contributed by atoms with Crippen molar-refractivity contribution in [3.05, 3.63) is 64.2 Å². The molecule has 0 spiro atoms. The SMILES string of the molecule is CCOP(=O)(OCC)C12C(=O)c3ccc(Cl)cc3N1C(=O)c1ccccc12. The van der Waals surface area contributed by atoms with E-state index < -0.39 is 24.6 Å². The van der Waals surface area contributed by atoms with Gasteiger partial charge in [-0.2, -0.15) is 0 Å². The molecule has 2 aliphatic heterocycles. The standard InChI is InChI=1S/C19H17ClNO5P/c1-3-25-27(24,26-4-2)19-15-8-6-5-7-13(15)18(23)21(19)16-11-12(20)9-10-14(16)17(19)22/h5-11H,3-4H2,1-2H3. The van der Waals surface area contributed by atoms with Gasteiger partial charge in [0.05, 0.1) is 18.9 Å². The number of benzene rings is 2. The number of anilines is 1. The molecular weight excluding hydrogens is 389 g/mol. The lowest BCUT2D eigenvalue weighted by atomic mass is 9.98. The van der Waals surface area contributed by atoms with E-state index in [0.717, 1.165) is 0 Å². The molecule has 0 saturated carbocycles. The van der Waals surface area contributed by atoms with Gasteiger partial charge in [-0.25, -0.2) is 0 Å². The molecule has 0 bridgehead atoms. The van der Waals surface area contributed by atoms with Crippen LogP contribution in [0.25, 0.3) is 0 Å². The van der Waals surface area contributed by atoms with E-state index >= 15 is 0 Å². The molecule has 0 aromatic heterocycles. The molecule has 2 aromatic carbocycles. The van der Waals surface area contributed by atoms with Crippen molar-refractivity contribution >= 4 is 36.6 Å². The molecule has 8 heteroatoms. The molecule has 2 aromatic rings. The highest BCUT2D eigenvalue weighted by Gasteiger charge is 2.71. The van der Waals surface area contributed by atoms with Crippen LogP contribution >= 0.6 is 19.2 Å². The molecule has 0 aliphatic carbocycles. The van der Waals surface area contributed by atoms with Gasteiger partial charge in [0.2, 0.25) is 11.1 Å². The van der Waals surface area contributed by atoms with E-state index in [1.165, 1.54) is 17.0 Å². The molecule has 0 saturated heterocycles. The first-order chi connectivity index (χ1) is 12.9. The van der Waals surface area contributed by atoms with Crippen molar-refractivity contribution < 1.29 is 23.2 Å². The van der Waals surface area contributed by atoms with Gasteiger partial charge in [0.15, 0.2) is 0 Å². The number of hydrogen-bond donors (Lipinski definition) is 0. The Kier molecular flexibility index (Phi) is 4.28. The molecule has 140 valence electrons. The fraction of sp³-hybridized carbons (Fsp3) is 0.263. The summed E-state index contributed by atoms with van der Waals surface area (Å²) in [7, 11) is -4.10. The van der Waals surface area contributed by atoms with Crippen molar-refractivity contribution in [2.45, 2.75) is 19.1 Å². The van der Waals surface area contributed by atoms with Gasteiger partial charge in [-0.3, -0.25) is 19.1 Å². The van der Waals surface area contributed by atoms with Crippen LogP contribution in [-0.2, 0) is 18.9 Å². The molecule has 6 nitrogen and oxygen atoms in total. The maximum Gasteiger partial charge on any atom is 0.369 e. The Balaban J connectivity index is 2.11. The Morgan fingerprint density at radius 1 is 1.04 bits per heavy atom. The molecule has 2 aliphatic rings. The van der Waals surface area contributed by atoms with Crippen LogP contribution in [-0.4, -0.2) is 24.9 Å². The van der Waals surface area contributed by atoms with Crippen LogP contribution in [0.1, 0.15) is 40.1 Å². The second-order valence-corrected chi connectivity index (χ2v) is 8.78. The normalized spacial score (nSPS) is 20.6. The summed E-state index contributed by atoms with van der Waals surface area (Å²) in [6, 6.07) is 11.3. The zero-order chi connectivity index (χ0) is 19.4. The van der Waals surface area contributed by atoms with Crippen LogP contribution in [0.3, 0.4) is 0 Å². The van der Waals surface area contributed by atoms with E-state index in [1.54, 1.807) is 44.2 Å². The van der Waals surface area contributed by atoms with E-state index in [1.807, 2.05) is 0 Å². The molecule has 0 N–H and O–H groups in total. The average molecular weight is 406 g/mol. The van der Waals surface area contributed by atoms with Crippen molar-refractivity contribution in [1.29, 1.82) is 0 Å². The molecule has 27 heavy (non-hydrogen) atoms. The number of hydrogen-bond acceptors (Lipinski definition) is 5. The van der Waals surface area contributed by atoms with Gasteiger partial charge >= 0.3 is 7.60 Å². The number of ketones is 1. The van der Waals surface area contributed by atoms with E-state index in [2.05, 4.69) is 0 Å². The van der Waals surface area contributed by atoms with Gasteiger partial charge in [-0.05, 0) is 38.1 Å². The number of halogens is 1. The Labute approximate surface area is 161 Å². The molecule has 2 heterocycles. The van der Waals surface area contributed by atoms with Gasteiger partial charge in [0.25, 0.3) is 5.91 Å². The fourth-order valence-electron chi connectivity index (χ4n) is 3.90. The number of Topliss-reactive ketones (excluding diaryl/α,β-unsaturated/α-hetero) is 1. The molecule has 1 amide bonds. The van der Waals surface area contributed by atoms with Crippen molar-refractivity contribution in [2.24, 2.45) is 0 Å². The van der Waals surface area contributed by atoms with Crippen molar-refractivity contribution in [2.75, 3.05) is 18.1 Å². The molecule has 0 fully saturated rings. The molecule has 1 atom stereocenters. The quantitative estimate of drug-likeness (QED) is 0.679. The van der Waals surface area contributed by atoms with Crippen LogP contribution in [0.2, 0.25) is 5.02 Å². The van der Waals surface area contributed by atoms with E-state index in [0.29, 0.717) is 21.8 Å². The van der Waals surface area contributed by atoms with Crippen molar-refractivity contribution in [1.82, 2.24) is 0 Å². The molecular formula is C19H17ClNO5P. The van der Waals surface area contributed by atoms with Crippen LogP contribution in [0, 0.1) is 0 Å². The van der Waals surface area contributed by atoms with Gasteiger partial charge in [0, 0.05) is 21.7 Å². The van der Waals surface area contributed by atoms with Gasteiger partial charge < -0.3 is 9.05 Å². The second-order valence-electron chi connectivity index (χ2n) is 6.18. The lowest BCUT2D eigenvalue weighted by Gasteiger charge is -2.36. The number of fused-ring (bicyclic) bond motifs is 5. The summed E-state index contributed by atoms with van der Waals surface area (Å²) in [5.41, 5.74) is 1.21. The van der Waals surface area contributed by atoms with Crippen molar-refractivity contribution in [3.8, 4) is 0 Å². The third-order valence-corrected chi connectivity index (χ3v) is 7.68. The first kappa shape index (κ1) is 18.4. The zero-order valence-corrected chi connectivity index (χ0v) is 16.4. The summed E-state index contributed by atoms with van der Waals surface area (Å²) in [5.74, 6) is -0.919. The van der Waals surface area contributed by atoms with Crippen LogP contribution < -0.4 is 4.90 Å². The van der Waals surface area contributed by atoms with Gasteiger partial charge in [0.1, 0.15) is 0 Å². The summed E-state index contributed by atoms with van der Waals surface area (Å²) in [5, 5.41) is -1.51. The highest BCUT2D eigenvalue weighted by molar-refractivity contribution is 7.56. The lowest BCUT2D eigenvalue weighted by molar-refractivity contribution is 0.0879. The topological polar surface area (TPSA) is 72.9 Å². The van der Waals surface area contributed by atoms with E-state index in [4.69, 9.17) is 20.6 Å². The minimum absolute atomic E-state index is 0.0631. The highest BCUT2D eigenvalue weighted by atomic mass is 35.5. The van der Waals surface area contributed by atoms with Crippen LogP contribution in [0.4, 0.5) is 5.69 Å². The summed E-state index contributed by atoms with van der Waals surface area (Å²) in [6.45, 7) is 3.46. The maximum atomic E-state index is 14.0. The minimum atomic E-state index is -4.10. The van der Waals surface area contributed by atoms with E-state index in [-0.39, 0.29) is 18.8 Å². The predicted molar refractivity (Wildman–Crippen MR) is 102 cm³/mol. The summed E-state index contributed by atoms with van der Waals surface area (Å²) >= 11 is 6.12. The number of rotatable bonds is 5. The Hall–Kier alpha value is -1.98. The first-order valence-electron chi connectivity index (χ1n) is 8.60. The maximum absolute atomic E-state index is 14.0. The van der Waals surface area contributed by atoms with Crippen molar-refractivity contribution in [3.63, 3.8) is 0 Å². The minimum Gasteiger partial charge on any atom is -0.307 e.